The van der Waals surface area contributed by atoms with E-state index in [4.69, 9.17) is 0 Å². The normalized spacial score (nSPS) is 22.1. The first-order chi connectivity index (χ1) is 10.5. The van der Waals surface area contributed by atoms with Crippen LogP contribution in [-0.4, -0.2) is 41.9 Å². The van der Waals surface area contributed by atoms with Gasteiger partial charge in [-0.2, -0.15) is 0 Å². The van der Waals surface area contributed by atoms with Crippen molar-refractivity contribution >= 4 is 11.8 Å². The Morgan fingerprint density at radius 3 is 2.36 bits per heavy atom. The van der Waals surface area contributed by atoms with Crippen molar-refractivity contribution in [2.75, 3.05) is 14.1 Å². The fourth-order valence-electron chi connectivity index (χ4n) is 3.86. The number of imide groups is 1. The lowest BCUT2D eigenvalue weighted by atomic mass is 9.65. The molecule has 0 N–H and O–H groups in total. The highest BCUT2D eigenvalue weighted by atomic mass is 16.2. The van der Waals surface area contributed by atoms with Gasteiger partial charge in [0.05, 0.1) is 11.6 Å². The Kier molecular flexibility index (Phi) is 3.81. The van der Waals surface area contributed by atoms with Gasteiger partial charge >= 0.3 is 0 Å². The van der Waals surface area contributed by atoms with Crippen molar-refractivity contribution < 1.29 is 9.59 Å². The van der Waals surface area contributed by atoms with E-state index < -0.39 is 5.41 Å². The summed E-state index contributed by atoms with van der Waals surface area (Å²) in [5, 5.41) is 0. The Hall–Kier alpha value is -1.68. The van der Waals surface area contributed by atoms with Gasteiger partial charge in [0.1, 0.15) is 0 Å². The molecule has 1 heterocycles. The summed E-state index contributed by atoms with van der Waals surface area (Å²) < 4.78 is 0. The lowest BCUT2D eigenvalue weighted by molar-refractivity contribution is -0.141. The van der Waals surface area contributed by atoms with Gasteiger partial charge in [0, 0.05) is 5.56 Å². The van der Waals surface area contributed by atoms with Gasteiger partial charge in [-0.1, -0.05) is 37.5 Å². The highest BCUT2D eigenvalue weighted by Crippen LogP contribution is 2.45. The average Bonchev–Trinajstić information content (AvgIpc) is 2.54. The summed E-state index contributed by atoms with van der Waals surface area (Å²) in [6, 6.07) is 7.69. The van der Waals surface area contributed by atoms with E-state index in [1.807, 2.05) is 50.2 Å². The van der Waals surface area contributed by atoms with Gasteiger partial charge in [0.25, 0.3) is 5.91 Å². The molecule has 1 aromatic carbocycles. The Morgan fingerprint density at radius 1 is 1.09 bits per heavy atom. The standard InChI is InChI=1S/C18H24N2O2/c1-13(19(2)3)20-16(21)14-9-5-6-10-15(14)18(17(20)22)11-7-4-8-12-18/h5-6,9-10,13H,4,7-8,11-12H2,1-3H3. The van der Waals surface area contributed by atoms with Crippen molar-refractivity contribution in [1.82, 2.24) is 9.80 Å². The number of rotatable bonds is 2. The van der Waals surface area contributed by atoms with Crippen LogP contribution in [0.4, 0.5) is 0 Å². The maximum absolute atomic E-state index is 13.3. The topological polar surface area (TPSA) is 40.6 Å². The highest BCUT2D eigenvalue weighted by molar-refractivity contribution is 6.13. The summed E-state index contributed by atoms with van der Waals surface area (Å²) in [5.41, 5.74) is 1.16. The van der Waals surface area contributed by atoms with Gasteiger partial charge in [0.15, 0.2) is 0 Å². The van der Waals surface area contributed by atoms with Crippen LogP contribution in [0.3, 0.4) is 0 Å². The van der Waals surface area contributed by atoms with E-state index in [9.17, 15) is 9.59 Å². The average molecular weight is 300 g/mol. The first-order valence-electron chi connectivity index (χ1n) is 8.13. The van der Waals surface area contributed by atoms with Gasteiger partial charge in [-0.05, 0) is 45.5 Å². The SMILES string of the molecule is CC(N(C)C)N1C(=O)c2ccccc2C2(CCCCC2)C1=O. The van der Waals surface area contributed by atoms with Crippen LogP contribution in [0.15, 0.2) is 24.3 Å². The monoisotopic (exact) mass is 300 g/mol. The Balaban J connectivity index is 2.16. The summed E-state index contributed by atoms with van der Waals surface area (Å²) in [7, 11) is 3.80. The molecule has 118 valence electrons. The minimum absolute atomic E-state index is 0.00269. The molecule has 0 aromatic heterocycles. The molecule has 4 heteroatoms. The maximum atomic E-state index is 13.3. The molecule has 1 spiro atoms. The number of amides is 2. The van der Waals surface area contributed by atoms with E-state index in [-0.39, 0.29) is 18.0 Å². The minimum atomic E-state index is -0.493. The number of fused-ring (bicyclic) bond motifs is 2. The molecule has 22 heavy (non-hydrogen) atoms. The second kappa shape index (κ2) is 5.51. The van der Waals surface area contributed by atoms with Crippen molar-refractivity contribution in [3.8, 4) is 0 Å². The lowest BCUT2D eigenvalue weighted by Gasteiger charge is -2.46. The van der Waals surface area contributed by atoms with E-state index in [0.717, 1.165) is 31.2 Å². The van der Waals surface area contributed by atoms with E-state index in [1.165, 1.54) is 11.3 Å². The molecule has 1 unspecified atom stereocenters. The Morgan fingerprint density at radius 2 is 1.73 bits per heavy atom. The molecule has 1 aliphatic heterocycles. The first kappa shape index (κ1) is 15.2. The minimum Gasteiger partial charge on any atom is -0.289 e. The van der Waals surface area contributed by atoms with Gasteiger partial charge < -0.3 is 0 Å². The molecule has 2 amide bonds. The van der Waals surface area contributed by atoms with Crippen molar-refractivity contribution in [2.24, 2.45) is 0 Å². The summed E-state index contributed by atoms with van der Waals surface area (Å²) in [5.74, 6) is -0.157. The van der Waals surface area contributed by atoms with E-state index in [2.05, 4.69) is 0 Å². The molecule has 0 radical (unpaired) electrons. The van der Waals surface area contributed by atoms with E-state index in [0.29, 0.717) is 5.56 Å². The number of hydrogen-bond donors (Lipinski definition) is 0. The lowest BCUT2D eigenvalue weighted by Crippen LogP contribution is -2.60. The number of hydrogen-bond acceptors (Lipinski definition) is 3. The van der Waals surface area contributed by atoms with Gasteiger partial charge in [-0.15, -0.1) is 0 Å². The molecule has 3 rings (SSSR count). The zero-order valence-corrected chi connectivity index (χ0v) is 13.6. The van der Waals surface area contributed by atoms with Crippen LogP contribution in [0.5, 0.6) is 0 Å². The molecule has 4 nitrogen and oxygen atoms in total. The van der Waals surface area contributed by atoms with Crippen molar-refractivity contribution in [2.45, 2.75) is 50.6 Å². The third-order valence-corrected chi connectivity index (χ3v) is 5.35. The van der Waals surface area contributed by atoms with Crippen molar-refractivity contribution in [3.63, 3.8) is 0 Å². The van der Waals surface area contributed by atoms with Gasteiger partial charge in [-0.25, -0.2) is 0 Å². The van der Waals surface area contributed by atoms with Crippen LogP contribution in [0.2, 0.25) is 0 Å². The second-order valence-corrected chi connectivity index (χ2v) is 6.76. The zero-order valence-electron chi connectivity index (χ0n) is 13.6. The quantitative estimate of drug-likeness (QED) is 0.789. The van der Waals surface area contributed by atoms with Crippen LogP contribution in [0, 0.1) is 0 Å². The molecule has 1 atom stereocenters. The number of carbonyl (C=O) groups is 2. The summed E-state index contributed by atoms with van der Waals surface area (Å²) >= 11 is 0. The molecule has 1 aromatic rings. The van der Waals surface area contributed by atoms with Gasteiger partial charge in [-0.3, -0.25) is 19.4 Å². The molecule has 0 saturated heterocycles. The Labute approximate surface area is 132 Å². The first-order valence-corrected chi connectivity index (χ1v) is 8.13. The zero-order chi connectivity index (χ0) is 15.9. The predicted octanol–water partition coefficient (Wildman–Crippen LogP) is 2.78. The van der Waals surface area contributed by atoms with Crippen molar-refractivity contribution in [3.05, 3.63) is 35.4 Å². The van der Waals surface area contributed by atoms with Crippen LogP contribution in [0.25, 0.3) is 0 Å². The smallest absolute Gasteiger partial charge is 0.262 e. The van der Waals surface area contributed by atoms with E-state index >= 15 is 0 Å². The third-order valence-electron chi connectivity index (χ3n) is 5.35. The van der Waals surface area contributed by atoms with Crippen LogP contribution < -0.4 is 0 Å². The summed E-state index contributed by atoms with van der Waals surface area (Å²) in [6.45, 7) is 1.92. The molecule has 1 aliphatic carbocycles. The molecular weight excluding hydrogens is 276 g/mol. The molecule has 0 bridgehead atoms. The van der Waals surface area contributed by atoms with Crippen LogP contribution in [0.1, 0.15) is 54.9 Å². The Bertz CT molecular complexity index is 603. The van der Waals surface area contributed by atoms with Crippen LogP contribution in [-0.2, 0) is 10.2 Å². The predicted molar refractivity (Wildman–Crippen MR) is 85.5 cm³/mol. The molecule has 2 aliphatic rings. The fourth-order valence-corrected chi connectivity index (χ4v) is 3.86. The van der Waals surface area contributed by atoms with E-state index in [1.54, 1.807) is 0 Å². The summed E-state index contributed by atoms with van der Waals surface area (Å²) in [4.78, 5) is 29.6. The fraction of sp³-hybridized carbons (Fsp3) is 0.556. The van der Waals surface area contributed by atoms with Crippen LogP contribution >= 0.6 is 0 Å². The second-order valence-electron chi connectivity index (χ2n) is 6.76. The molecular formula is C18H24N2O2. The molecule has 1 fully saturated rings. The summed E-state index contributed by atoms with van der Waals surface area (Å²) in [6.07, 6.45) is 4.76. The maximum Gasteiger partial charge on any atom is 0.262 e. The number of carbonyl (C=O) groups excluding carboxylic acids is 2. The number of nitrogens with zero attached hydrogens (tertiary/aromatic N) is 2. The third kappa shape index (κ3) is 2.09. The van der Waals surface area contributed by atoms with Gasteiger partial charge in [0.2, 0.25) is 5.91 Å². The largest absolute Gasteiger partial charge is 0.289 e. The molecule has 1 saturated carbocycles. The van der Waals surface area contributed by atoms with Crippen molar-refractivity contribution in [1.29, 1.82) is 0 Å². The highest BCUT2D eigenvalue weighted by Gasteiger charge is 2.51. The number of benzene rings is 1.